The highest BCUT2D eigenvalue weighted by Crippen LogP contribution is 2.61. The lowest BCUT2D eigenvalue weighted by Gasteiger charge is -2.30. The summed E-state index contributed by atoms with van der Waals surface area (Å²) in [4.78, 5) is 23.5. The summed E-state index contributed by atoms with van der Waals surface area (Å²) in [6.45, 7) is 3.46. The molecule has 0 N–H and O–H groups in total. The number of ether oxygens (including phenoxy) is 3. The van der Waals surface area contributed by atoms with E-state index in [1.165, 1.54) is 0 Å². The Kier molecular flexibility index (Phi) is 3.02. The highest BCUT2D eigenvalue weighted by Gasteiger charge is 2.82. The van der Waals surface area contributed by atoms with E-state index in [-0.39, 0.29) is 5.92 Å². The van der Waals surface area contributed by atoms with Crippen molar-refractivity contribution < 1.29 is 37.0 Å². The molecule has 2 bridgehead atoms. The standard InChI is InChI=1S/C13H15F3O5/c1-3-5(2)10(17)20-7-6-4-12(13(14,15)16)9(19-6)8(7)21-11(12)18/h5-9H,3-4H2,1-2H3. The number of carbonyl (C=O) groups excluding carboxylic acids is 2. The van der Waals surface area contributed by atoms with Crippen LogP contribution in [0.1, 0.15) is 26.7 Å². The van der Waals surface area contributed by atoms with Crippen LogP contribution in [0.2, 0.25) is 0 Å². The van der Waals surface area contributed by atoms with Gasteiger partial charge in [-0.15, -0.1) is 0 Å². The quantitative estimate of drug-likeness (QED) is 0.741. The number of rotatable bonds is 3. The Labute approximate surface area is 118 Å². The second kappa shape index (κ2) is 4.34. The molecule has 5 nitrogen and oxygen atoms in total. The molecular formula is C13H15F3O5. The third-order valence-electron chi connectivity index (χ3n) is 4.70. The van der Waals surface area contributed by atoms with Crippen molar-refractivity contribution in [3.8, 4) is 0 Å². The molecule has 3 aliphatic heterocycles. The maximum atomic E-state index is 13.2. The maximum Gasteiger partial charge on any atom is 0.407 e. The molecule has 0 aromatic carbocycles. The maximum absolute atomic E-state index is 13.2. The van der Waals surface area contributed by atoms with Gasteiger partial charge in [-0.25, -0.2) is 0 Å². The third-order valence-corrected chi connectivity index (χ3v) is 4.70. The van der Waals surface area contributed by atoms with Crippen LogP contribution in [-0.2, 0) is 23.8 Å². The van der Waals surface area contributed by atoms with Crippen molar-refractivity contribution in [3.63, 3.8) is 0 Å². The SMILES string of the molecule is CCC(C)C(=O)OC1C2CC3(C(F)(F)F)C(=O)OC1C3O2. The third kappa shape index (κ3) is 1.74. The molecule has 3 rings (SSSR count). The zero-order chi connectivity index (χ0) is 15.6. The molecule has 118 valence electrons. The predicted octanol–water partition coefficient (Wildman–Crippen LogP) is 1.59. The van der Waals surface area contributed by atoms with Crippen LogP contribution in [0.3, 0.4) is 0 Å². The molecule has 0 aliphatic carbocycles. The van der Waals surface area contributed by atoms with Crippen molar-refractivity contribution >= 4 is 11.9 Å². The van der Waals surface area contributed by atoms with Gasteiger partial charge < -0.3 is 14.2 Å². The van der Waals surface area contributed by atoms with Crippen LogP contribution in [0, 0.1) is 11.3 Å². The monoisotopic (exact) mass is 308 g/mol. The van der Waals surface area contributed by atoms with Crippen molar-refractivity contribution in [2.75, 3.05) is 0 Å². The number of hydrogen-bond donors (Lipinski definition) is 0. The molecule has 0 aromatic heterocycles. The predicted molar refractivity (Wildman–Crippen MR) is 61.0 cm³/mol. The molecule has 0 aromatic rings. The molecule has 0 amide bonds. The summed E-state index contributed by atoms with van der Waals surface area (Å²) in [7, 11) is 0. The highest BCUT2D eigenvalue weighted by molar-refractivity contribution is 5.83. The number of esters is 2. The fourth-order valence-electron chi connectivity index (χ4n) is 3.23. The van der Waals surface area contributed by atoms with Gasteiger partial charge in [0.05, 0.1) is 5.92 Å². The Morgan fingerprint density at radius 1 is 1.52 bits per heavy atom. The number of halogens is 3. The first-order chi connectivity index (χ1) is 9.72. The van der Waals surface area contributed by atoms with E-state index in [0.29, 0.717) is 6.42 Å². The molecule has 3 saturated heterocycles. The molecule has 3 heterocycles. The molecule has 21 heavy (non-hydrogen) atoms. The second-order valence-electron chi connectivity index (χ2n) is 5.85. The first-order valence-corrected chi connectivity index (χ1v) is 6.86. The normalized spacial score (nSPS) is 42.0. The average molecular weight is 308 g/mol. The Morgan fingerprint density at radius 3 is 2.76 bits per heavy atom. The van der Waals surface area contributed by atoms with Gasteiger partial charge in [-0.2, -0.15) is 13.2 Å². The van der Waals surface area contributed by atoms with Crippen LogP contribution in [0.25, 0.3) is 0 Å². The summed E-state index contributed by atoms with van der Waals surface area (Å²) in [5.74, 6) is -2.21. The Hall–Kier alpha value is -1.31. The number of fused-ring (bicyclic) bond motifs is 1. The van der Waals surface area contributed by atoms with E-state index in [1.54, 1.807) is 13.8 Å². The van der Waals surface area contributed by atoms with Crippen LogP contribution in [0.5, 0.6) is 0 Å². The van der Waals surface area contributed by atoms with E-state index in [4.69, 9.17) is 14.2 Å². The molecule has 6 atom stereocenters. The van der Waals surface area contributed by atoms with E-state index in [9.17, 15) is 22.8 Å². The molecular weight excluding hydrogens is 293 g/mol. The largest absolute Gasteiger partial charge is 0.455 e. The molecule has 6 unspecified atom stereocenters. The second-order valence-corrected chi connectivity index (χ2v) is 5.85. The number of hydrogen-bond acceptors (Lipinski definition) is 5. The first-order valence-electron chi connectivity index (χ1n) is 6.86. The van der Waals surface area contributed by atoms with Gasteiger partial charge in [0.25, 0.3) is 0 Å². The van der Waals surface area contributed by atoms with Gasteiger partial charge in [0.1, 0.15) is 12.2 Å². The van der Waals surface area contributed by atoms with E-state index in [1.807, 2.05) is 0 Å². The minimum atomic E-state index is -4.73. The van der Waals surface area contributed by atoms with Gasteiger partial charge in [0.2, 0.25) is 0 Å². The van der Waals surface area contributed by atoms with Crippen LogP contribution < -0.4 is 0 Å². The van der Waals surface area contributed by atoms with E-state index < -0.39 is 54.4 Å². The van der Waals surface area contributed by atoms with Gasteiger partial charge in [-0.05, 0) is 6.42 Å². The summed E-state index contributed by atoms with van der Waals surface area (Å²) in [6.07, 6.45) is -9.19. The van der Waals surface area contributed by atoms with Gasteiger partial charge >= 0.3 is 18.1 Å². The lowest BCUT2D eigenvalue weighted by Crippen LogP contribution is -2.52. The van der Waals surface area contributed by atoms with Gasteiger partial charge in [0, 0.05) is 6.42 Å². The summed E-state index contributed by atoms with van der Waals surface area (Å²) in [6, 6.07) is 0. The molecule has 0 spiro atoms. The van der Waals surface area contributed by atoms with Crippen molar-refractivity contribution in [2.24, 2.45) is 11.3 Å². The fourth-order valence-corrected chi connectivity index (χ4v) is 3.23. The smallest absolute Gasteiger partial charge is 0.407 e. The Bertz CT molecular complexity index is 491. The highest BCUT2D eigenvalue weighted by atomic mass is 19.4. The molecule has 0 saturated carbocycles. The number of carbonyl (C=O) groups is 2. The minimum Gasteiger partial charge on any atom is -0.455 e. The van der Waals surface area contributed by atoms with E-state index >= 15 is 0 Å². The van der Waals surface area contributed by atoms with Crippen molar-refractivity contribution in [3.05, 3.63) is 0 Å². The van der Waals surface area contributed by atoms with E-state index in [2.05, 4.69) is 0 Å². The number of alkyl halides is 3. The van der Waals surface area contributed by atoms with Crippen LogP contribution in [0.15, 0.2) is 0 Å². The van der Waals surface area contributed by atoms with Crippen molar-refractivity contribution in [1.82, 2.24) is 0 Å². The van der Waals surface area contributed by atoms with Crippen LogP contribution in [0.4, 0.5) is 13.2 Å². The molecule has 0 radical (unpaired) electrons. The zero-order valence-electron chi connectivity index (χ0n) is 11.5. The molecule has 3 aliphatic rings. The summed E-state index contributed by atoms with van der Waals surface area (Å²) >= 11 is 0. The van der Waals surface area contributed by atoms with Gasteiger partial charge in [0.15, 0.2) is 17.6 Å². The Balaban J connectivity index is 1.82. The van der Waals surface area contributed by atoms with Gasteiger partial charge in [-0.3, -0.25) is 9.59 Å². The molecule has 3 fully saturated rings. The van der Waals surface area contributed by atoms with Crippen LogP contribution >= 0.6 is 0 Å². The van der Waals surface area contributed by atoms with Crippen LogP contribution in [-0.4, -0.2) is 42.5 Å². The minimum absolute atomic E-state index is 0.367. The van der Waals surface area contributed by atoms with Gasteiger partial charge in [-0.1, -0.05) is 13.8 Å². The summed E-state index contributed by atoms with van der Waals surface area (Å²) in [5.41, 5.74) is -2.60. The van der Waals surface area contributed by atoms with E-state index in [0.717, 1.165) is 0 Å². The first kappa shape index (κ1) is 14.6. The Morgan fingerprint density at radius 2 is 2.19 bits per heavy atom. The van der Waals surface area contributed by atoms with Crippen molar-refractivity contribution in [1.29, 1.82) is 0 Å². The van der Waals surface area contributed by atoms with Crippen molar-refractivity contribution in [2.45, 2.75) is 57.3 Å². The fraction of sp³-hybridized carbons (Fsp3) is 0.846. The lowest BCUT2D eigenvalue weighted by molar-refractivity contribution is -0.228. The average Bonchev–Trinajstić information content (AvgIpc) is 2.99. The summed E-state index contributed by atoms with van der Waals surface area (Å²) < 4.78 is 55.0. The summed E-state index contributed by atoms with van der Waals surface area (Å²) in [5, 5.41) is 0. The lowest BCUT2D eigenvalue weighted by atomic mass is 9.73. The topological polar surface area (TPSA) is 61.8 Å². The molecule has 8 heteroatoms. The zero-order valence-corrected chi connectivity index (χ0v) is 11.5.